The second kappa shape index (κ2) is 8.00. The van der Waals surface area contributed by atoms with Crippen LogP contribution in [-0.2, 0) is 16.1 Å². The number of hydrogen-bond acceptors (Lipinski definition) is 2. The number of ether oxygens (including phenoxy) is 2. The molecule has 2 unspecified atom stereocenters. The van der Waals surface area contributed by atoms with E-state index in [4.69, 9.17) is 32.7 Å². The number of rotatable bonds is 7. The van der Waals surface area contributed by atoms with E-state index < -0.39 is 0 Å². The average molecular weight is 291 g/mol. The third-order valence-electron chi connectivity index (χ3n) is 2.84. The van der Waals surface area contributed by atoms with Crippen LogP contribution in [0.5, 0.6) is 0 Å². The Kier molecular flexibility index (Phi) is 7.02. The lowest BCUT2D eigenvalue weighted by atomic mass is 10.1. The fraction of sp³-hybridized carbons (Fsp3) is 0.571. The molecule has 1 aromatic rings. The molecule has 0 N–H and O–H groups in total. The molecule has 102 valence electrons. The van der Waals surface area contributed by atoms with Crippen LogP contribution in [0.4, 0.5) is 0 Å². The van der Waals surface area contributed by atoms with Crippen molar-refractivity contribution in [3.05, 3.63) is 33.8 Å². The fourth-order valence-corrected chi connectivity index (χ4v) is 1.84. The topological polar surface area (TPSA) is 18.5 Å². The first-order valence-corrected chi connectivity index (χ1v) is 6.96. The van der Waals surface area contributed by atoms with Crippen molar-refractivity contribution in [2.24, 2.45) is 5.92 Å². The molecule has 18 heavy (non-hydrogen) atoms. The maximum atomic E-state index is 6.06. The van der Waals surface area contributed by atoms with Crippen molar-refractivity contribution in [2.45, 2.75) is 40.1 Å². The van der Waals surface area contributed by atoms with Crippen molar-refractivity contribution < 1.29 is 9.47 Å². The van der Waals surface area contributed by atoms with E-state index in [0.29, 0.717) is 29.2 Å². The molecule has 0 saturated carbocycles. The summed E-state index contributed by atoms with van der Waals surface area (Å²) in [6, 6.07) is 5.42. The smallest absolute Gasteiger partial charge is 0.155 e. The minimum absolute atomic E-state index is 0.258. The number of halogens is 2. The summed E-state index contributed by atoms with van der Waals surface area (Å²) in [6.07, 6.45) is 0.842. The van der Waals surface area contributed by atoms with Gasteiger partial charge in [0.1, 0.15) is 0 Å². The van der Waals surface area contributed by atoms with E-state index in [0.717, 1.165) is 12.0 Å². The molecule has 0 fully saturated rings. The maximum Gasteiger partial charge on any atom is 0.155 e. The fourth-order valence-electron chi connectivity index (χ4n) is 1.34. The summed E-state index contributed by atoms with van der Waals surface area (Å²) < 4.78 is 11.2. The molecule has 0 amide bonds. The van der Waals surface area contributed by atoms with E-state index >= 15 is 0 Å². The molecule has 1 rings (SSSR count). The maximum absolute atomic E-state index is 6.06. The summed E-state index contributed by atoms with van der Waals surface area (Å²) in [7, 11) is 0. The van der Waals surface area contributed by atoms with Gasteiger partial charge in [-0.05, 0) is 25.0 Å². The summed E-state index contributed by atoms with van der Waals surface area (Å²) in [5.41, 5.74) is 0.805. The molecule has 0 aliphatic heterocycles. The van der Waals surface area contributed by atoms with Gasteiger partial charge >= 0.3 is 0 Å². The Labute approximate surface area is 119 Å². The molecule has 2 nitrogen and oxygen atoms in total. The van der Waals surface area contributed by atoms with Gasteiger partial charge in [-0.1, -0.05) is 49.5 Å². The van der Waals surface area contributed by atoms with Crippen LogP contribution in [0.2, 0.25) is 10.0 Å². The van der Waals surface area contributed by atoms with Crippen molar-refractivity contribution in [1.29, 1.82) is 0 Å². The Morgan fingerprint density at radius 3 is 2.28 bits per heavy atom. The summed E-state index contributed by atoms with van der Waals surface area (Å²) >= 11 is 12.1. The number of hydrogen-bond donors (Lipinski definition) is 0. The van der Waals surface area contributed by atoms with E-state index in [-0.39, 0.29) is 6.29 Å². The van der Waals surface area contributed by atoms with Gasteiger partial charge in [0.15, 0.2) is 6.29 Å². The molecular formula is C14H20Cl2O2. The van der Waals surface area contributed by atoms with Crippen LogP contribution in [0.3, 0.4) is 0 Å². The first-order chi connectivity index (χ1) is 8.54. The lowest BCUT2D eigenvalue weighted by Crippen LogP contribution is -2.17. The highest BCUT2D eigenvalue weighted by molar-refractivity contribution is 6.35. The van der Waals surface area contributed by atoms with Crippen molar-refractivity contribution in [2.75, 3.05) is 6.61 Å². The zero-order chi connectivity index (χ0) is 13.5. The van der Waals surface area contributed by atoms with E-state index in [2.05, 4.69) is 13.8 Å². The zero-order valence-electron chi connectivity index (χ0n) is 11.1. The molecule has 0 aliphatic rings. The Hall–Kier alpha value is -0.280. The summed E-state index contributed by atoms with van der Waals surface area (Å²) in [5, 5.41) is 1.24. The van der Waals surface area contributed by atoms with Gasteiger partial charge in [0.05, 0.1) is 13.2 Å². The van der Waals surface area contributed by atoms with Crippen LogP contribution >= 0.6 is 23.2 Å². The van der Waals surface area contributed by atoms with Gasteiger partial charge in [-0.3, -0.25) is 0 Å². The van der Waals surface area contributed by atoms with Crippen molar-refractivity contribution >= 4 is 23.2 Å². The highest BCUT2D eigenvalue weighted by Crippen LogP contribution is 2.25. The normalized spacial score (nSPS) is 14.5. The Bertz CT molecular complexity index is 349. The van der Waals surface area contributed by atoms with Crippen molar-refractivity contribution in [3.8, 4) is 0 Å². The molecule has 1 aromatic carbocycles. The largest absolute Gasteiger partial charge is 0.353 e. The van der Waals surface area contributed by atoms with Crippen LogP contribution in [0.15, 0.2) is 18.2 Å². The Morgan fingerprint density at radius 2 is 1.72 bits per heavy atom. The Morgan fingerprint density at radius 1 is 1.11 bits per heavy atom. The van der Waals surface area contributed by atoms with Gasteiger partial charge in [0.2, 0.25) is 0 Å². The van der Waals surface area contributed by atoms with Gasteiger partial charge in [-0.25, -0.2) is 0 Å². The molecule has 0 aliphatic carbocycles. The van der Waals surface area contributed by atoms with Gasteiger partial charge in [-0.2, -0.15) is 0 Å². The predicted molar refractivity (Wildman–Crippen MR) is 76.1 cm³/mol. The highest BCUT2D eigenvalue weighted by atomic mass is 35.5. The van der Waals surface area contributed by atoms with Gasteiger partial charge in [-0.15, -0.1) is 0 Å². The van der Waals surface area contributed by atoms with E-state index in [1.54, 1.807) is 12.1 Å². The molecule has 4 heteroatoms. The van der Waals surface area contributed by atoms with Crippen molar-refractivity contribution in [1.82, 2.24) is 0 Å². The molecule has 0 spiro atoms. The SMILES string of the molecule is CCC(C)COC(C)OCc1c(Cl)cccc1Cl. The van der Waals surface area contributed by atoms with E-state index in [1.165, 1.54) is 0 Å². The second-order valence-corrected chi connectivity index (χ2v) is 5.24. The highest BCUT2D eigenvalue weighted by Gasteiger charge is 2.09. The molecule has 0 radical (unpaired) electrons. The summed E-state index contributed by atoms with van der Waals surface area (Å²) in [4.78, 5) is 0. The minimum Gasteiger partial charge on any atom is -0.353 e. The lowest BCUT2D eigenvalue weighted by molar-refractivity contribution is -0.144. The molecule has 2 atom stereocenters. The van der Waals surface area contributed by atoms with Crippen LogP contribution in [0, 0.1) is 5.92 Å². The monoisotopic (exact) mass is 290 g/mol. The van der Waals surface area contributed by atoms with Crippen LogP contribution < -0.4 is 0 Å². The minimum atomic E-state index is -0.258. The average Bonchev–Trinajstić information content (AvgIpc) is 2.35. The first kappa shape index (κ1) is 15.8. The first-order valence-electron chi connectivity index (χ1n) is 6.20. The third-order valence-corrected chi connectivity index (χ3v) is 3.54. The lowest BCUT2D eigenvalue weighted by Gasteiger charge is -2.17. The molecule has 0 bridgehead atoms. The van der Waals surface area contributed by atoms with E-state index in [9.17, 15) is 0 Å². The second-order valence-electron chi connectivity index (χ2n) is 4.43. The molecule has 0 heterocycles. The van der Waals surface area contributed by atoms with Gasteiger partial charge < -0.3 is 9.47 Å². The predicted octanol–water partition coefficient (Wildman–Crippen LogP) is 4.92. The molecule has 0 aromatic heterocycles. The van der Waals surface area contributed by atoms with Gasteiger partial charge in [0.25, 0.3) is 0 Å². The zero-order valence-corrected chi connectivity index (χ0v) is 12.6. The van der Waals surface area contributed by atoms with E-state index in [1.807, 2.05) is 13.0 Å². The quantitative estimate of drug-likeness (QED) is 0.664. The molecular weight excluding hydrogens is 271 g/mol. The van der Waals surface area contributed by atoms with Crippen LogP contribution in [0.25, 0.3) is 0 Å². The Balaban J connectivity index is 2.40. The van der Waals surface area contributed by atoms with Crippen LogP contribution in [-0.4, -0.2) is 12.9 Å². The third kappa shape index (κ3) is 5.15. The van der Waals surface area contributed by atoms with Crippen molar-refractivity contribution in [3.63, 3.8) is 0 Å². The summed E-state index contributed by atoms with van der Waals surface area (Å²) in [5.74, 6) is 0.542. The number of benzene rings is 1. The van der Waals surface area contributed by atoms with Crippen LogP contribution in [0.1, 0.15) is 32.8 Å². The summed E-state index contributed by atoms with van der Waals surface area (Å²) in [6.45, 7) is 7.24. The molecule has 0 saturated heterocycles. The van der Waals surface area contributed by atoms with Gasteiger partial charge in [0, 0.05) is 15.6 Å². The standard InChI is InChI=1S/C14H20Cl2O2/c1-4-10(2)8-17-11(3)18-9-12-13(15)6-5-7-14(12)16/h5-7,10-11H,4,8-9H2,1-3H3.